The molecule has 0 heterocycles. The van der Waals surface area contributed by atoms with Gasteiger partial charge >= 0.3 is 0 Å². The van der Waals surface area contributed by atoms with Crippen molar-refractivity contribution in [2.24, 2.45) is 0 Å². The summed E-state index contributed by atoms with van der Waals surface area (Å²) in [5.41, 5.74) is 0.917. The van der Waals surface area contributed by atoms with Crippen LogP contribution in [0.5, 0.6) is 0 Å². The summed E-state index contributed by atoms with van der Waals surface area (Å²) in [4.78, 5) is 11.7. The number of nitrogens with one attached hydrogen (secondary N) is 2. The van der Waals surface area contributed by atoms with Gasteiger partial charge in [-0.2, -0.15) is 0 Å². The molecule has 0 bridgehead atoms. The predicted octanol–water partition coefficient (Wildman–Crippen LogP) is 2.75. The van der Waals surface area contributed by atoms with E-state index in [9.17, 15) is 9.18 Å². The van der Waals surface area contributed by atoms with Gasteiger partial charge < -0.3 is 10.6 Å². The third-order valence-electron chi connectivity index (χ3n) is 3.79. The van der Waals surface area contributed by atoms with Crippen LogP contribution >= 0.6 is 0 Å². The highest BCUT2D eigenvalue weighted by Crippen LogP contribution is 2.17. The maximum absolute atomic E-state index is 12.7. The summed E-state index contributed by atoms with van der Waals surface area (Å²) in [5, 5.41) is 6.30. The molecule has 0 radical (unpaired) electrons. The number of carbonyl (C=O) groups excluding carboxylic acids is 1. The minimum absolute atomic E-state index is 0.0395. The lowest BCUT2D eigenvalue weighted by atomic mass is 9.95. The van der Waals surface area contributed by atoms with Crippen LogP contribution in [0.4, 0.5) is 4.39 Å². The lowest BCUT2D eigenvalue weighted by molar-refractivity contribution is -0.121. The van der Waals surface area contributed by atoms with Gasteiger partial charge in [-0.15, -0.1) is 0 Å². The number of hydrogen-bond donors (Lipinski definition) is 2. The van der Waals surface area contributed by atoms with Crippen LogP contribution in [-0.4, -0.2) is 18.5 Å². The van der Waals surface area contributed by atoms with Crippen molar-refractivity contribution in [2.75, 3.05) is 6.54 Å². The van der Waals surface area contributed by atoms with E-state index in [4.69, 9.17) is 0 Å². The minimum Gasteiger partial charge on any atom is -0.352 e. The van der Waals surface area contributed by atoms with E-state index < -0.39 is 0 Å². The molecule has 1 saturated carbocycles. The Bertz CT molecular complexity index is 413. The van der Waals surface area contributed by atoms with Crippen LogP contribution in [-0.2, 0) is 11.3 Å². The zero-order valence-corrected chi connectivity index (χ0v) is 11.8. The van der Waals surface area contributed by atoms with E-state index in [1.807, 2.05) is 0 Å². The zero-order valence-electron chi connectivity index (χ0n) is 11.8. The molecule has 0 aromatic heterocycles. The molecule has 0 saturated heterocycles. The lowest BCUT2D eigenvalue weighted by Crippen LogP contribution is -2.34. The SMILES string of the molecule is O=C(CCNC1CCCCC1)NCc1ccc(F)cc1. The van der Waals surface area contributed by atoms with Crippen molar-refractivity contribution in [1.82, 2.24) is 10.6 Å². The Morgan fingerprint density at radius 3 is 2.55 bits per heavy atom. The predicted molar refractivity (Wildman–Crippen MR) is 77.7 cm³/mol. The second-order valence-corrected chi connectivity index (χ2v) is 5.44. The molecule has 0 aliphatic heterocycles. The van der Waals surface area contributed by atoms with Gasteiger partial charge in [0, 0.05) is 25.6 Å². The first-order valence-electron chi connectivity index (χ1n) is 7.48. The van der Waals surface area contributed by atoms with Crippen molar-refractivity contribution in [1.29, 1.82) is 0 Å². The van der Waals surface area contributed by atoms with Crippen LogP contribution in [0, 0.1) is 5.82 Å². The fourth-order valence-electron chi connectivity index (χ4n) is 2.59. The Morgan fingerprint density at radius 1 is 1.15 bits per heavy atom. The van der Waals surface area contributed by atoms with Crippen LogP contribution in [0.2, 0.25) is 0 Å². The van der Waals surface area contributed by atoms with Gasteiger partial charge in [-0.25, -0.2) is 4.39 Å². The molecule has 3 nitrogen and oxygen atoms in total. The van der Waals surface area contributed by atoms with Crippen molar-refractivity contribution in [2.45, 2.75) is 51.1 Å². The van der Waals surface area contributed by atoms with Crippen molar-refractivity contribution in [3.8, 4) is 0 Å². The molecule has 1 aromatic rings. The topological polar surface area (TPSA) is 41.1 Å². The molecule has 1 aliphatic rings. The molecule has 2 rings (SSSR count). The van der Waals surface area contributed by atoms with Crippen LogP contribution in [0.25, 0.3) is 0 Å². The van der Waals surface area contributed by atoms with Gasteiger partial charge in [0.2, 0.25) is 5.91 Å². The first-order chi connectivity index (χ1) is 9.74. The summed E-state index contributed by atoms with van der Waals surface area (Å²) in [7, 11) is 0. The van der Waals surface area contributed by atoms with Gasteiger partial charge in [0.1, 0.15) is 5.82 Å². The zero-order chi connectivity index (χ0) is 14.2. The number of amides is 1. The minimum atomic E-state index is -0.253. The molecular weight excluding hydrogens is 255 g/mol. The number of carbonyl (C=O) groups is 1. The molecule has 1 aliphatic carbocycles. The molecule has 1 aromatic carbocycles. The first kappa shape index (κ1) is 15.0. The first-order valence-corrected chi connectivity index (χ1v) is 7.48. The molecule has 110 valence electrons. The second-order valence-electron chi connectivity index (χ2n) is 5.44. The summed E-state index contributed by atoms with van der Waals surface area (Å²) in [6.07, 6.45) is 6.91. The van der Waals surface area contributed by atoms with Gasteiger partial charge in [0.25, 0.3) is 0 Å². The lowest BCUT2D eigenvalue weighted by Gasteiger charge is -2.22. The van der Waals surface area contributed by atoms with E-state index in [-0.39, 0.29) is 11.7 Å². The van der Waals surface area contributed by atoms with Crippen molar-refractivity contribution in [3.05, 3.63) is 35.6 Å². The summed E-state index contributed by atoms with van der Waals surface area (Å²) in [6, 6.07) is 6.79. The molecule has 1 amide bonds. The monoisotopic (exact) mass is 278 g/mol. The summed E-state index contributed by atoms with van der Waals surface area (Å²) >= 11 is 0. The van der Waals surface area contributed by atoms with Crippen LogP contribution in [0.15, 0.2) is 24.3 Å². The van der Waals surface area contributed by atoms with Crippen LogP contribution < -0.4 is 10.6 Å². The van der Waals surface area contributed by atoms with Crippen molar-refractivity contribution < 1.29 is 9.18 Å². The number of halogens is 1. The van der Waals surface area contributed by atoms with Crippen LogP contribution in [0.3, 0.4) is 0 Å². The highest BCUT2D eigenvalue weighted by molar-refractivity contribution is 5.76. The molecule has 20 heavy (non-hydrogen) atoms. The highest BCUT2D eigenvalue weighted by atomic mass is 19.1. The average molecular weight is 278 g/mol. The maximum atomic E-state index is 12.7. The normalized spacial score (nSPS) is 16.1. The van der Waals surface area contributed by atoms with Gasteiger partial charge in [0.05, 0.1) is 0 Å². The van der Waals surface area contributed by atoms with Crippen molar-refractivity contribution in [3.63, 3.8) is 0 Å². The Balaban J connectivity index is 1.59. The fraction of sp³-hybridized carbons (Fsp3) is 0.562. The Morgan fingerprint density at radius 2 is 1.85 bits per heavy atom. The van der Waals surface area contributed by atoms with Gasteiger partial charge in [-0.05, 0) is 30.5 Å². The number of hydrogen-bond acceptors (Lipinski definition) is 2. The molecular formula is C16H23FN2O. The molecule has 4 heteroatoms. The molecule has 0 spiro atoms. The summed E-state index contributed by atoms with van der Waals surface area (Å²) < 4.78 is 12.7. The largest absolute Gasteiger partial charge is 0.352 e. The molecule has 1 fully saturated rings. The van der Waals surface area contributed by atoms with E-state index in [2.05, 4.69) is 10.6 Å². The standard InChI is InChI=1S/C16H23FN2O/c17-14-8-6-13(7-9-14)12-19-16(20)10-11-18-15-4-2-1-3-5-15/h6-9,15,18H,1-5,10-12H2,(H,19,20). The Labute approximate surface area is 120 Å². The van der Waals surface area contributed by atoms with E-state index >= 15 is 0 Å². The summed E-state index contributed by atoms with van der Waals surface area (Å²) in [5.74, 6) is -0.214. The second kappa shape index (κ2) is 8.00. The highest BCUT2D eigenvalue weighted by Gasteiger charge is 2.12. The van der Waals surface area contributed by atoms with Gasteiger partial charge in [0.15, 0.2) is 0 Å². The number of benzene rings is 1. The van der Waals surface area contributed by atoms with Crippen LogP contribution in [0.1, 0.15) is 44.1 Å². The Hall–Kier alpha value is -1.42. The average Bonchev–Trinajstić information content (AvgIpc) is 2.48. The van der Waals surface area contributed by atoms with E-state index in [1.165, 1.54) is 44.2 Å². The smallest absolute Gasteiger partial charge is 0.221 e. The Kier molecular flexibility index (Phi) is 5.99. The number of rotatable bonds is 6. The van der Waals surface area contributed by atoms with E-state index in [0.717, 1.165) is 12.1 Å². The van der Waals surface area contributed by atoms with E-state index in [1.54, 1.807) is 12.1 Å². The van der Waals surface area contributed by atoms with Gasteiger partial charge in [-0.1, -0.05) is 31.4 Å². The third kappa shape index (κ3) is 5.29. The third-order valence-corrected chi connectivity index (χ3v) is 3.79. The molecule has 0 atom stereocenters. The fourth-order valence-corrected chi connectivity index (χ4v) is 2.59. The quantitative estimate of drug-likeness (QED) is 0.840. The van der Waals surface area contributed by atoms with Gasteiger partial charge in [-0.3, -0.25) is 4.79 Å². The van der Waals surface area contributed by atoms with Crippen molar-refractivity contribution >= 4 is 5.91 Å². The maximum Gasteiger partial charge on any atom is 0.221 e. The summed E-state index contributed by atoms with van der Waals surface area (Å²) in [6.45, 7) is 1.20. The van der Waals surface area contributed by atoms with E-state index in [0.29, 0.717) is 19.0 Å². The molecule has 2 N–H and O–H groups in total. The molecule has 0 unspecified atom stereocenters.